The number of fused-ring (bicyclic) bond motifs is 1. The van der Waals surface area contributed by atoms with Crippen LogP contribution in [0.4, 0.5) is 0 Å². The summed E-state index contributed by atoms with van der Waals surface area (Å²) in [6.45, 7) is 8.23. The molecule has 0 amide bonds. The van der Waals surface area contributed by atoms with Gasteiger partial charge in [0.15, 0.2) is 0 Å². The first kappa shape index (κ1) is 19.4. The third kappa shape index (κ3) is 3.71. The summed E-state index contributed by atoms with van der Waals surface area (Å²) in [6.07, 6.45) is 4.43. The monoisotopic (exact) mass is 425 g/mol. The number of hydrogen-bond acceptors (Lipinski definition) is 3. The van der Waals surface area contributed by atoms with Crippen LogP contribution in [0.3, 0.4) is 0 Å². The summed E-state index contributed by atoms with van der Waals surface area (Å²) in [4.78, 5) is 0. The van der Waals surface area contributed by atoms with Gasteiger partial charge in [-0.3, -0.25) is 0 Å². The van der Waals surface area contributed by atoms with Crippen LogP contribution in [0.25, 0.3) is 0 Å². The van der Waals surface area contributed by atoms with Crippen molar-refractivity contribution in [2.24, 2.45) is 15.7 Å². The van der Waals surface area contributed by atoms with Gasteiger partial charge in [-0.1, -0.05) is 33.3 Å². The minimum atomic E-state index is -1.25. The second-order valence-electron chi connectivity index (χ2n) is 8.55. The SMILES string of the molecule is CO[C@@H]1CC[C@]2(Cc3ccc(Br)cc3C2=N[S+]([O-])C(C)(C)C)C[C@H]1C. The lowest BCUT2D eigenvalue weighted by Crippen LogP contribution is -2.41. The number of halogens is 1. The van der Waals surface area contributed by atoms with E-state index in [9.17, 15) is 4.55 Å². The van der Waals surface area contributed by atoms with Crippen LogP contribution in [0, 0.1) is 11.3 Å². The molecule has 1 spiro atoms. The van der Waals surface area contributed by atoms with E-state index in [1.807, 2.05) is 27.9 Å². The van der Waals surface area contributed by atoms with E-state index < -0.39 is 11.4 Å². The minimum Gasteiger partial charge on any atom is -0.591 e. The number of hydrogen-bond donors (Lipinski definition) is 0. The first-order valence-electron chi connectivity index (χ1n) is 8.99. The predicted molar refractivity (Wildman–Crippen MR) is 109 cm³/mol. The van der Waals surface area contributed by atoms with E-state index in [4.69, 9.17) is 9.13 Å². The van der Waals surface area contributed by atoms with Crippen molar-refractivity contribution in [3.8, 4) is 0 Å². The van der Waals surface area contributed by atoms with Crippen molar-refractivity contribution in [2.75, 3.05) is 7.11 Å². The van der Waals surface area contributed by atoms with Crippen molar-refractivity contribution in [1.82, 2.24) is 0 Å². The lowest BCUT2D eigenvalue weighted by Gasteiger charge is -2.41. The molecule has 1 aromatic carbocycles. The molecule has 0 N–H and O–H groups in total. The van der Waals surface area contributed by atoms with Crippen LogP contribution in [-0.4, -0.2) is 28.2 Å². The van der Waals surface area contributed by atoms with E-state index >= 15 is 0 Å². The maximum atomic E-state index is 12.8. The molecule has 2 aliphatic carbocycles. The van der Waals surface area contributed by atoms with Crippen molar-refractivity contribution < 1.29 is 9.29 Å². The second-order valence-corrected chi connectivity index (χ2v) is 11.4. The highest BCUT2D eigenvalue weighted by Crippen LogP contribution is 2.50. The van der Waals surface area contributed by atoms with Crippen molar-refractivity contribution in [1.29, 1.82) is 0 Å². The number of nitrogens with zero attached hydrogens (tertiary/aromatic N) is 1. The Kier molecular flexibility index (Phi) is 5.42. The summed E-state index contributed by atoms with van der Waals surface area (Å²) in [5, 5.41) is 0. The lowest BCUT2D eigenvalue weighted by molar-refractivity contribution is 0.00485. The fourth-order valence-electron chi connectivity index (χ4n) is 4.30. The van der Waals surface area contributed by atoms with Crippen LogP contribution in [0.15, 0.2) is 27.1 Å². The van der Waals surface area contributed by atoms with Crippen molar-refractivity contribution in [3.63, 3.8) is 0 Å². The fourth-order valence-corrected chi connectivity index (χ4v) is 5.39. The van der Waals surface area contributed by atoms with Gasteiger partial charge < -0.3 is 9.29 Å². The summed E-state index contributed by atoms with van der Waals surface area (Å²) < 4.78 is 24.0. The molecule has 1 saturated carbocycles. The van der Waals surface area contributed by atoms with E-state index in [0.717, 1.165) is 35.9 Å². The molecule has 0 radical (unpaired) electrons. The first-order valence-corrected chi connectivity index (χ1v) is 10.9. The predicted octanol–water partition coefficient (Wildman–Crippen LogP) is 5.08. The summed E-state index contributed by atoms with van der Waals surface area (Å²) in [5.41, 5.74) is 3.56. The highest BCUT2D eigenvalue weighted by atomic mass is 79.9. The molecule has 3 rings (SSSR count). The first-order chi connectivity index (χ1) is 11.7. The summed E-state index contributed by atoms with van der Waals surface area (Å²) in [7, 11) is 1.81. The van der Waals surface area contributed by atoms with Gasteiger partial charge in [0.1, 0.15) is 21.8 Å². The van der Waals surface area contributed by atoms with Gasteiger partial charge in [-0.15, -0.1) is 0 Å². The van der Waals surface area contributed by atoms with Crippen LogP contribution >= 0.6 is 15.9 Å². The Labute approximate surface area is 163 Å². The molecule has 2 aliphatic rings. The average Bonchev–Trinajstić information content (AvgIpc) is 2.80. The molecule has 5 heteroatoms. The molecule has 0 bridgehead atoms. The van der Waals surface area contributed by atoms with Gasteiger partial charge in [0.2, 0.25) is 0 Å². The average molecular weight is 426 g/mol. The van der Waals surface area contributed by atoms with Gasteiger partial charge in [-0.25, -0.2) is 0 Å². The Balaban J connectivity index is 2.05. The van der Waals surface area contributed by atoms with Gasteiger partial charge >= 0.3 is 0 Å². The summed E-state index contributed by atoms with van der Waals surface area (Å²) in [6, 6.07) is 6.44. The van der Waals surface area contributed by atoms with Gasteiger partial charge in [0.05, 0.1) is 6.10 Å². The minimum absolute atomic E-state index is 0.00150. The van der Waals surface area contributed by atoms with E-state index in [1.54, 1.807) is 0 Å². The molecule has 0 heterocycles. The molecule has 1 aromatic rings. The Morgan fingerprint density at radius 1 is 1.36 bits per heavy atom. The highest BCUT2D eigenvalue weighted by molar-refractivity contribution is 9.10. The molecule has 138 valence electrons. The zero-order valence-corrected chi connectivity index (χ0v) is 18.2. The number of ether oxygens (including phenoxy) is 1. The molecule has 25 heavy (non-hydrogen) atoms. The summed E-state index contributed by atoms with van der Waals surface area (Å²) >= 11 is 2.34. The van der Waals surface area contributed by atoms with Crippen molar-refractivity contribution in [2.45, 2.75) is 64.2 Å². The van der Waals surface area contributed by atoms with E-state index in [1.165, 1.54) is 11.1 Å². The van der Waals surface area contributed by atoms with Crippen molar-refractivity contribution >= 4 is 33.0 Å². The Bertz CT molecular complexity index is 685. The third-order valence-electron chi connectivity index (χ3n) is 5.61. The van der Waals surface area contributed by atoms with Crippen molar-refractivity contribution in [3.05, 3.63) is 33.8 Å². The van der Waals surface area contributed by atoms with Crippen LogP contribution in [-0.2, 0) is 22.5 Å². The van der Waals surface area contributed by atoms with E-state index in [0.29, 0.717) is 12.0 Å². The van der Waals surface area contributed by atoms with E-state index in [-0.39, 0.29) is 10.2 Å². The molecule has 4 atom stereocenters. The molecule has 3 nitrogen and oxygen atoms in total. The number of methoxy groups -OCH3 is 1. The Hall–Kier alpha value is -0.360. The Morgan fingerprint density at radius 3 is 2.68 bits per heavy atom. The van der Waals surface area contributed by atoms with Crippen LogP contribution in [0.2, 0.25) is 0 Å². The maximum Gasteiger partial charge on any atom is 0.144 e. The molecule has 0 aromatic heterocycles. The smallest absolute Gasteiger partial charge is 0.144 e. The van der Waals surface area contributed by atoms with Crippen LogP contribution < -0.4 is 0 Å². The standard InChI is InChI=1S/C20H28BrNO2S/c1-13-11-20(9-8-17(13)24-5)12-14-6-7-15(21)10-16(14)18(20)22-25(23)19(2,3)4/h6-7,10,13,17H,8-9,11-12H2,1-5H3/t13-,17-,20-,25?/m1/s1. The fraction of sp³-hybridized carbons (Fsp3) is 0.650. The normalized spacial score (nSPS) is 32.2. The zero-order chi connectivity index (χ0) is 18.4. The topological polar surface area (TPSA) is 44.6 Å². The third-order valence-corrected chi connectivity index (χ3v) is 7.50. The molecular weight excluding hydrogens is 398 g/mol. The molecule has 1 fully saturated rings. The quantitative estimate of drug-likeness (QED) is 0.620. The second kappa shape index (κ2) is 6.99. The van der Waals surface area contributed by atoms with E-state index in [2.05, 4.69) is 41.1 Å². The number of benzene rings is 1. The van der Waals surface area contributed by atoms with Gasteiger partial charge in [-0.2, -0.15) is 0 Å². The van der Waals surface area contributed by atoms with Crippen LogP contribution in [0.5, 0.6) is 0 Å². The number of rotatable bonds is 2. The molecule has 0 saturated heterocycles. The van der Waals surface area contributed by atoms with Gasteiger partial charge in [0, 0.05) is 22.6 Å². The summed E-state index contributed by atoms with van der Waals surface area (Å²) in [5.74, 6) is 0.477. The highest BCUT2D eigenvalue weighted by Gasteiger charge is 2.49. The zero-order valence-electron chi connectivity index (χ0n) is 15.8. The Morgan fingerprint density at radius 2 is 2.08 bits per heavy atom. The molecule has 0 aliphatic heterocycles. The maximum absolute atomic E-state index is 12.8. The van der Waals surface area contributed by atoms with Crippen LogP contribution in [0.1, 0.15) is 58.1 Å². The van der Waals surface area contributed by atoms with Gasteiger partial charge in [0.25, 0.3) is 0 Å². The lowest BCUT2D eigenvalue weighted by atomic mass is 9.66. The molecule has 1 unspecified atom stereocenters. The molecular formula is C20H28BrNO2S. The largest absolute Gasteiger partial charge is 0.591 e. The van der Waals surface area contributed by atoms with Gasteiger partial charge in [-0.05, 0) is 70.1 Å².